The van der Waals surface area contributed by atoms with E-state index in [4.69, 9.17) is 5.73 Å². The minimum absolute atomic E-state index is 0.0503. The lowest BCUT2D eigenvalue weighted by molar-refractivity contribution is -0.117. The Balaban J connectivity index is 1.80. The highest BCUT2D eigenvalue weighted by Crippen LogP contribution is 2.13. The maximum atomic E-state index is 11.2. The Kier molecular flexibility index (Phi) is 5.17. The van der Waals surface area contributed by atoms with E-state index in [1.807, 2.05) is 12.1 Å². The third-order valence-electron chi connectivity index (χ3n) is 4.23. The lowest BCUT2D eigenvalue weighted by Gasteiger charge is -2.33. The van der Waals surface area contributed by atoms with Crippen LogP contribution in [0.2, 0.25) is 0 Å². The first kappa shape index (κ1) is 16.5. The zero-order valence-corrected chi connectivity index (χ0v) is 13.9. The summed E-state index contributed by atoms with van der Waals surface area (Å²) < 4.78 is 1.78. The van der Waals surface area contributed by atoms with E-state index in [1.165, 1.54) is 0 Å². The molecule has 1 aliphatic rings. The number of hydrogen-bond acceptors (Lipinski definition) is 6. The second kappa shape index (κ2) is 7.50. The number of carbonyl (C=O) groups excluding carboxylic acids is 1. The number of amides is 1. The molecule has 0 saturated carbocycles. The molecule has 8 nitrogen and oxygen atoms in total. The summed E-state index contributed by atoms with van der Waals surface area (Å²) in [6.07, 6.45) is 3.48. The predicted octanol–water partition coefficient (Wildman–Crippen LogP) is -0.172. The van der Waals surface area contributed by atoms with Crippen molar-refractivity contribution in [1.29, 1.82) is 0 Å². The quantitative estimate of drug-likeness (QED) is 0.791. The van der Waals surface area contributed by atoms with Gasteiger partial charge in [-0.25, -0.2) is 9.67 Å². The van der Waals surface area contributed by atoms with Crippen LogP contribution in [0, 0.1) is 0 Å². The number of carbonyl (C=O) groups is 1. The van der Waals surface area contributed by atoms with Crippen LogP contribution in [0.3, 0.4) is 0 Å². The van der Waals surface area contributed by atoms with E-state index in [1.54, 1.807) is 17.1 Å². The van der Waals surface area contributed by atoms with Gasteiger partial charge in [0.05, 0.1) is 18.7 Å². The van der Waals surface area contributed by atoms with Crippen LogP contribution in [0.1, 0.15) is 18.6 Å². The van der Waals surface area contributed by atoms with Gasteiger partial charge in [-0.15, -0.1) is 0 Å². The fourth-order valence-electron chi connectivity index (χ4n) is 2.88. The Morgan fingerprint density at radius 3 is 2.46 bits per heavy atom. The Labute approximate surface area is 141 Å². The average molecular weight is 329 g/mol. The topological polar surface area (TPSA) is 93.2 Å². The molecule has 0 unspecified atom stereocenters. The molecule has 1 aliphatic heterocycles. The summed E-state index contributed by atoms with van der Waals surface area (Å²) in [4.78, 5) is 24.6. The molecular formula is C16H23N7O. The normalized spacial score (nSPS) is 16.4. The van der Waals surface area contributed by atoms with Crippen molar-refractivity contribution in [2.45, 2.75) is 19.9 Å². The van der Waals surface area contributed by atoms with Crippen molar-refractivity contribution in [3.05, 3.63) is 36.2 Å². The third kappa shape index (κ3) is 3.95. The van der Waals surface area contributed by atoms with E-state index in [9.17, 15) is 4.79 Å². The SMILES string of the molecule is CCN1CCN(Cc2nc(CC(N)=O)nn2-c2ccncc2)CC1. The van der Waals surface area contributed by atoms with Gasteiger partial charge in [0.15, 0.2) is 5.82 Å². The number of primary amides is 1. The van der Waals surface area contributed by atoms with Gasteiger partial charge in [0.1, 0.15) is 5.82 Å². The maximum Gasteiger partial charge on any atom is 0.225 e. The molecule has 3 heterocycles. The Morgan fingerprint density at radius 2 is 1.83 bits per heavy atom. The molecule has 2 aromatic heterocycles. The van der Waals surface area contributed by atoms with Gasteiger partial charge in [0.25, 0.3) is 0 Å². The molecule has 128 valence electrons. The number of pyridine rings is 1. The molecule has 0 radical (unpaired) electrons. The first-order chi connectivity index (χ1) is 11.7. The number of piperazine rings is 1. The summed E-state index contributed by atoms with van der Waals surface area (Å²) in [5.74, 6) is 0.855. The molecule has 2 aromatic rings. The van der Waals surface area contributed by atoms with E-state index >= 15 is 0 Å². The first-order valence-electron chi connectivity index (χ1n) is 8.24. The zero-order chi connectivity index (χ0) is 16.9. The Bertz CT molecular complexity index is 677. The highest BCUT2D eigenvalue weighted by atomic mass is 16.1. The van der Waals surface area contributed by atoms with Gasteiger partial charge in [0, 0.05) is 38.6 Å². The van der Waals surface area contributed by atoms with Crippen molar-refractivity contribution in [1.82, 2.24) is 29.5 Å². The van der Waals surface area contributed by atoms with Crippen molar-refractivity contribution in [2.24, 2.45) is 5.73 Å². The molecule has 1 fully saturated rings. The number of rotatable bonds is 6. The molecule has 24 heavy (non-hydrogen) atoms. The minimum Gasteiger partial charge on any atom is -0.369 e. The highest BCUT2D eigenvalue weighted by molar-refractivity contribution is 5.75. The molecule has 0 aliphatic carbocycles. The summed E-state index contributed by atoms with van der Waals surface area (Å²) in [5.41, 5.74) is 6.17. The zero-order valence-electron chi connectivity index (χ0n) is 13.9. The molecule has 8 heteroatoms. The van der Waals surface area contributed by atoms with E-state index < -0.39 is 5.91 Å². The smallest absolute Gasteiger partial charge is 0.225 e. The second-order valence-corrected chi connectivity index (χ2v) is 5.91. The van der Waals surface area contributed by atoms with Crippen molar-refractivity contribution in [3.63, 3.8) is 0 Å². The van der Waals surface area contributed by atoms with Crippen LogP contribution in [0.25, 0.3) is 5.69 Å². The Morgan fingerprint density at radius 1 is 1.17 bits per heavy atom. The summed E-state index contributed by atoms with van der Waals surface area (Å²) >= 11 is 0. The summed E-state index contributed by atoms with van der Waals surface area (Å²) in [7, 11) is 0. The van der Waals surface area contributed by atoms with E-state index in [0.29, 0.717) is 12.4 Å². The highest BCUT2D eigenvalue weighted by Gasteiger charge is 2.20. The summed E-state index contributed by atoms with van der Waals surface area (Å²) in [5, 5.41) is 4.46. The van der Waals surface area contributed by atoms with Crippen LogP contribution in [0.4, 0.5) is 0 Å². The van der Waals surface area contributed by atoms with Crippen LogP contribution >= 0.6 is 0 Å². The second-order valence-electron chi connectivity index (χ2n) is 5.91. The van der Waals surface area contributed by atoms with E-state index in [0.717, 1.165) is 44.2 Å². The summed E-state index contributed by atoms with van der Waals surface area (Å²) in [6, 6.07) is 3.75. The number of hydrogen-bond donors (Lipinski definition) is 1. The van der Waals surface area contributed by atoms with E-state index in [2.05, 4.69) is 31.8 Å². The largest absolute Gasteiger partial charge is 0.369 e. The van der Waals surface area contributed by atoms with Gasteiger partial charge in [0.2, 0.25) is 5.91 Å². The molecule has 1 saturated heterocycles. The van der Waals surface area contributed by atoms with Crippen molar-refractivity contribution < 1.29 is 4.79 Å². The molecule has 2 N–H and O–H groups in total. The van der Waals surface area contributed by atoms with Gasteiger partial charge >= 0.3 is 0 Å². The molecule has 0 atom stereocenters. The van der Waals surface area contributed by atoms with Gasteiger partial charge in [-0.1, -0.05) is 6.92 Å². The standard InChI is InChI=1S/C16H23N7O/c1-2-21-7-9-22(10-8-21)12-16-19-15(11-14(17)24)20-23(16)13-3-5-18-6-4-13/h3-6H,2,7-12H2,1H3,(H2,17,24). The van der Waals surface area contributed by atoms with E-state index in [-0.39, 0.29) is 6.42 Å². The molecule has 0 aromatic carbocycles. The molecule has 1 amide bonds. The molecule has 0 spiro atoms. The molecule has 3 rings (SSSR count). The monoisotopic (exact) mass is 329 g/mol. The minimum atomic E-state index is -0.426. The number of likely N-dealkylation sites (N-methyl/N-ethyl adjacent to an activating group) is 1. The van der Waals surface area contributed by atoms with Gasteiger partial charge in [-0.3, -0.25) is 14.7 Å². The first-order valence-corrected chi connectivity index (χ1v) is 8.24. The van der Waals surface area contributed by atoms with Crippen LogP contribution in [-0.2, 0) is 17.8 Å². The lowest BCUT2D eigenvalue weighted by atomic mass is 10.3. The van der Waals surface area contributed by atoms with Crippen molar-refractivity contribution in [3.8, 4) is 5.69 Å². The predicted molar refractivity (Wildman–Crippen MR) is 89.4 cm³/mol. The van der Waals surface area contributed by atoms with Crippen molar-refractivity contribution >= 4 is 5.91 Å². The van der Waals surface area contributed by atoms with Gasteiger partial charge < -0.3 is 10.6 Å². The lowest BCUT2D eigenvalue weighted by Crippen LogP contribution is -2.45. The fourth-order valence-corrected chi connectivity index (χ4v) is 2.88. The van der Waals surface area contributed by atoms with Crippen LogP contribution in [-0.4, -0.2) is 68.2 Å². The molecule has 0 bridgehead atoms. The molecular weight excluding hydrogens is 306 g/mol. The maximum absolute atomic E-state index is 11.2. The fraction of sp³-hybridized carbons (Fsp3) is 0.500. The van der Waals surface area contributed by atoms with Crippen LogP contribution in [0.15, 0.2) is 24.5 Å². The van der Waals surface area contributed by atoms with Crippen LogP contribution < -0.4 is 5.73 Å². The summed E-state index contributed by atoms with van der Waals surface area (Å²) in [6.45, 7) is 8.10. The third-order valence-corrected chi connectivity index (χ3v) is 4.23. The van der Waals surface area contributed by atoms with Gasteiger partial charge in [-0.2, -0.15) is 5.10 Å². The average Bonchev–Trinajstić information content (AvgIpc) is 2.98. The van der Waals surface area contributed by atoms with Gasteiger partial charge in [-0.05, 0) is 18.7 Å². The Hall–Kier alpha value is -2.32. The van der Waals surface area contributed by atoms with Crippen molar-refractivity contribution in [2.75, 3.05) is 32.7 Å². The van der Waals surface area contributed by atoms with Crippen LogP contribution in [0.5, 0.6) is 0 Å². The number of nitrogens with zero attached hydrogens (tertiary/aromatic N) is 6. The number of nitrogens with two attached hydrogens (primary N) is 1. The number of aromatic nitrogens is 4.